The first-order valence-electron chi connectivity index (χ1n) is 6.16. The Morgan fingerprint density at radius 2 is 2.00 bits per heavy atom. The Bertz CT molecular complexity index is 444. The number of fused-ring (bicyclic) bond motifs is 1. The third-order valence-corrected chi connectivity index (χ3v) is 2.82. The van der Waals surface area contributed by atoms with Crippen LogP contribution in [0.4, 0.5) is 4.39 Å². The second kappa shape index (κ2) is 5.87. The standard InChI is InChI=1S/C14H18FNO2/c1-10(15)12-9-14-13(17-6-3-7-18-14)8-11(12)4-2-5-16/h2,4,8-10H,3,5-7,16H2,1H3/b4-2+. The molecule has 0 saturated heterocycles. The Kier molecular flexibility index (Phi) is 4.20. The lowest BCUT2D eigenvalue weighted by atomic mass is 10.0. The second-order valence-corrected chi connectivity index (χ2v) is 4.23. The number of benzene rings is 1. The van der Waals surface area contributed by atoms with E-state index in [0.717, 1.165) is 12.0 Å². The van der Waals surface area contributed by atoms with Gasteiger partial charge in [-0.1, -0.05) is 12.2 Å². The van der Waals surface area contributed by atoms with Crippen molar-refractivity contribution in [3.8, 4) is 11.5 Å². The Morgan fingerprint density at radius 1 is 1.33 bits per heavy atom. The molecule has 1 unspecified atom stereocenters. The van der Waals surface area contributed by atoms with Gasteiger partial charge in [-0.25, -0.2) is 4.39 Å². The van der Waals surface area contributed by atoms with Gasteiger partial charge < -0.3 is 15.2 Å². The maximum Gasteiger partial charge on any atom is 0.161 e. The smallest absolute Gasteiger partial charge is 0.161 e. The molecule has 0 aromatic heterocycles. The first-order valence-corrected chi connectivity index (χ1v) is 6.16. The lowest BCUT2D eigenvalue weighted by molar-refractivity contribution is 0.296. The topological polar surface area (TPSA) is 44.5 Å². The molecule has 1 aliphatic heterocycles. The normalized spacial score (nSPS) is 16.6. The van der Waals surface area contributed by atoms with Crippen LogP contribution in [0.2, 0.25) is 0 Å². The van der Waals surface area contributed by atoms with E-state index in [-0.39, 0.29) is 0 Å². The van der Waals surface area contributed by atoms with Crippen LogP contribution in [-0.2, 0) is 0 Å². The maximum atomic E-state index is 13.6. The Labute approximate surface area is 106 Å². The molecule has 0 aliphatic carbocycles. The fraction of sp³-hybridized carbons (Fsp3) is 0.429. The summed E-state index contributed by atoms with van der Waals surface area (Å²) in [6.45, 7) is 3.16. The molecular weight excluding hydrogens is 233 g/mol. The van der Waals surface area contributed by atoms with Crippen LogP contribution in [0.3, 0.4) is 0 Å². The summed E-state index contributed by atoms with van der Waals surface area (Å²) in [4.78, 5) is 0. The summed E-state index contributed by atoms with van der Waals surface area (Å²) in [7, 11) is 0. The van der Waals surface area contributed by atoms with Crippen molar-refractivity contribution in [2.45, 2.75) is 19.5 Å². The first-order chi connectivity index (χ1) is 8.72. The van der Waals surface area contributed by atoms with Crippen molar-refractivity contribution in [2.75, 3.05) is 19.8 Å². The van der Waals surface area contributed by atoms with E-state index in [2.05, 4.69) is 0 Å². The highest BCUT2D eigenvalue weighted by Crippen LogP contribution is 2.36. The molecule has 0 amide bonds. The molecule has 18 heavy (non-hydrogen) atoms. The van der Waals surface area contributed by atoms with Crippen LogP contribution in [0.25, 0.3) is 6.08 Å². The lowest BCUT2D eigenvalue weighted by Crippen LogP contribution is -1.98. The van der Waals surface area contributed by atoms with Gasteiger partial charge in [-0.05, 0) is 30.2 Å². The van der Waals surface area contributed by atoms with Gasteiger partial charge in [-0.3, -0.25) is 0 Å². The quantitative estimate of drug-likeness (QED) is 0.898. The predicted octanol–water partition coefficient (Wildman–Crippen LogP) is 2.85. The van der Waals surface area contributed by atoms with Gasteiger partial charge in [0.05, 0.1) is 13.2 Å². The van der Waals surface area contributed by atoms with Crippen LogP contribution in [0.5, 0.6) is 11.5 Å². The summed E-state index contributed by atoms with van der Waals surface area (Å²) in [5, 5.41) is 0. The highest BCUT2D eigenvalue weighted by Gasteiger charge is 2.16. The molecule has 0 saturated carbocycles. The summed E-state index contributed by atoms with van der Waals surface area (Å²) in [5.74, 6) is 1.30. The lowest BCUT2D eigenvalue weighted by Gasteiger charge is -2.13. The fourth-order valence-corrected chi connectivity index (χ4v) is 1.92. The average molecular weight is 251 g/mol. The Hall–Kier alpha value is -1.55. The predicted molar refractivity (Wildman–Crippen MR) is 69.7 cm³/mol. The third-order valence-electron chi connectivity index (χ3n) is 2.82. The van der Waals surface area contributed by atoms with E-state index in [1.54, 1.807) is 12.1 Å². The average Bonchev–Trinajstić information content (AvgIpc) is 2.59. The number of halogens is 1. The molecule has 1 atom stereocenters. The monoisotopic (exact) mass is 251 g/mol. The van der Waals surface area contributed by atoms with Crippen molar-refractivity contribution in [3.63, 3.8) is 0 Å². The van der Waals surface area contributed by atoms with Crippen LogP contribution >= 0.6 is 0 Å². The molecular formula is C14H18FNO2. The fourth-order valence-electron chi connectivity index (χ4n) is 1.92. The van der Waals surface area contributed by atoms with Crippen molar-refractivity contribution < 1.29 is 13.9 Å². The van der Waals surface area contributed by atoms with Crippen LogP contribution in [0.15, 0.2) is 18.2 Å². The van der Waals surface area contributed by atoms with E-state index >= 15 is 0 Å². The highest BCUT2D eigenvalue weighted by atomic mass is 19.1. The van der Waals surface area contributed by atoms with Gasteiger partial charge in [-0.2, -0.15) is 0 Å². The van der Waals surface area contributed by atoms with Gasteiger partial charge >= 0.3 is 0 Å². The van der Waals surface area contributed by atoms with Crippen LogP contribution in [-0.4, -0.2) is 19.8 Å². The van der Waals surface area contributed by atoms with E-state index < -0.39 is 6.17 Å². The number of alkyl halides is 1. The highest BCUT2D eigenvalue weighted by molar-refractivity contribution is 5.61. The molecule has 0 bridgehead atoms. The summed E-state index contributed by atoms with van der Waals surface area (Å²) in [6.07, 6.45) is 3.40. The second-order valence-electron chi connectivity index (χ2n) is 4.23. The summed E-state index contributed by atoms with van der Waals surface area (Å²) in [6, 6.07) is 3.54. The summed E-state index contributed by atoms with van der Waals surface area (Å²) >= 11 is 0. The van der Waals surface area contributed by atoms with Gasteiger partial charge in [-0.15, -0.1) is 0 Å². The molecule has 3 nitrogen and oxygen atoms in total. The van der Waals surface area contributed by atoms with Crippen molar-refractivity contribution in [1.29, 1.82) is 0 Å². The number of nitrogens with two attached hydrogens (primary N) is 1. The minimum absolute atomic E-state index is 0.425. The molecule has 0 spiro atoms. The zero-order valence-electron chi connectivity index (χ0n) is 10.5. The van der Waals surface area contributed by atoms with E-state index in [9.17, 15) is 4.39 Å². The molecule has 2 rings (SSSR count). The molecule has 2 N–H and O–H groups in total. The molecule has 0 radical (unpaired) electrons. The summed E-state index contributed by atoms with van der Waals surface area (Å²) < 4.78 is 24.8. The third kappa shape index (κ3) is 2.82. The number of hydrogen-bond acceptors (Lipinski definition) is 3. The van der Waals surface area contributed by atoms with Crippen LogP contribution in [0.1, 0.15) is 30.6 Å². The SMILES string of the molecule is CC(F)c1cc2c(cc1/C=C/CN)OCCCO2. The van der Waals surface area contributed by atoms with Crippen molar-refractivity contribution >= 4 is 6.08 Å². The zero-order valence-corrected chi connectivity index (χ0v) is 10.5. The molecule has 1 heterocycles. The van der Waals surface area contributed by atoms with Crippen molar-refractivity contribution in [1.82, 2.24) is 0 Å². The largest absolute Gasteiger partial charge is 0.490 e. The van der Waals surface area contributed by atoms with E-state index in [0.29, 0.717) is 36.8 Å². The van der Waals surface area contributed by atoms with Gasteiger partial charge in [0, 0.05) is 13.0 Å². The molecule has 1 aromatic rings. The van der Waals surface area contributed by atoms with Gasteiger partial charge in [0.25, 0.3) is 0 Å². The summed E-state index contributed by atoms with van der Waals surface area (Å²) in [5.41, 5.74) is 6.82. The molecule has 98 valence electrons. The number of ether oxygens (including phenoxy) is 2. The van der Waals surface area contributed by atoms with E-state index in [4.69, 9.17) is 15.2 Å². The van der Waals surface area contributed by atoms with E-state index in [1.807, 2.05) is 12.1 Å². The Balaban J connectivity index is 2.44. The minimum Gasteiger partial charge on any atom is -0.490 e. The molecule has 4 heteroatoms. The first kappa shape index (κ1) is 12.9. The van der Waals surface area contributed by atoms with Gasteiger partial charge in [0.2, 0.25) is 0 Å². The zero-order chi connectivity index (χ0) is 13.0. The van der Waals surface area contributed by atoms with Crippen molar-refractivity contribution in [2.24, 2.45) is 5.73 Å². The minimum atomic E-state index is -1.06. The Morgan fingerprint density at radius 3 is 2.61 bits per heavy atom. The van der Waals surface area contributed by atoms with E-state index in [1.165, 1.54) is 6.92 Å². The van der Waals surface area contributed by atoms with Crippen LogP contribution < -0.4 is 15.2 Å². The maximum absolute atomic E-state index is 13.6. The van der Waals surface area contributed by atoms with Gasteiger partial charge in [0.15, 0.2) is 11.5 Å². The van der Waals surface area contributed by atoms with Gasteiger partial charge in [0.1, 0.15) is 6.17 Å². The molecule has 0 fully saturated rings. The molecule has 1 aliphatic rings. The van der Waals surface area contributed by atoms with Crippen LogP contribution in [0, 0.1) is 0 Å². The number of rotatable bonds is 3. The number of hydrogen-bond donors (Lipinski definition) is 1. The molecule has 1 aromatic carbocycles. The van der Waals surface area contributed by atoms with Crippen molar-refractivity contribution in [3.05, 3.63) is 29.3 Å².